The zero-order chi connectivity index (χ0) is 10.8. The number of rotatable bonds is 2. The van der Waals surface area contributed by atoms with Crippen LogP contribution in [0.3, 0.4) is 0 Å². The highest BCUT2D eigenvalue weighted by Gasteiger charge is 2.42. The van der Waals surface area contributed by atoms with Gasteiger partial charge in [0, 0.05) is 6.61 Å². The lowest BCUT2D eigenvalue weighted by Crippen LogP contribution is -2.31. The number of aliphatic hydroxyl groups is 1. The normalized spacial score (nSPS) is 31.5. The Morgan fingerprint density at radius 2 is 2.00 bits per heavy atom. The summed E-state index contributed by atoms with van der Waals surface area (Å²) >= 11 is 0. The van der Waals surface area contributed by atoms with E-state index in [0.29, 0.717) is 6.42 Å². The van der Waals surface area contributed by atoms with Gasteiger partial charge in [-0.3, -0.25) is 0 Å². The predicted octanol–water partition coefficient (Wildman–Crippen LogP) is 2.98. The molecule has 0 aromatic carbocycles. The van der Waals surface area contributed by atoms with E-state index in [1.54, 1.807) is 0 Å². The molecule has 4 heteroatoms. The predicted molar refractivity (Wildman–Crippen MR) is 47.8 cm³/mol. The molecule has 1 aliphatic carbocycles. The van der Waals surface area contributed by atoms with Crippen molar-refractivity contribution in [1.29, 1.82) is 0 Å². The van der Waals surface area contributed by atoms with Crippen molar-refractivity contribution in [2.45, 2.75) is 38.8 Å². The molecule has 3 atom stereocenters. The smallest absolute Gasteiger partial charge is 0.391 e. The van der Waals surface area contributed by atoms with E-state index in [1.165, 1.54) is 0 Å². The number of halogens is 3. The van der Waals surface area contributed by atoms with Crippen molar-refractivity contribution in [1.82, 2.24) is 0 Å². The molecule has 0 radical (unpaired) electrons. The highest BCUT2D eigenvalue weighted by atomic mass is 19.4. The van der Waals surface area contributed by atoms with E-state index in [0.717, 1.165) is 6.42 Å². The average Bonchev–Trinajstić information content (AvgIpc) is 2.15. The lowest BCUT2D eigenvalue weighted by molar-refractivity contribution is -0.187. The maximum absolute atomic E-state index is 12.4. The third-order valence-electron chi connectivity index (χ3n) is 3.27. The van der Waals surface area contributed by atoms with Crippen LogP contribution >= 0.6 is 0 Å². The first-order chi connectivity index (χ1) is 6.45. The average molecular weight is 210 g/mol. The number of hydrogen-bond donors (Lipinski definition) is 1. The van der Waals surface area contributed by atoms with E-state index in [4.69, 9.17) is 5.11 Å². The van der Waals surface area contributed by atoms with Crippen LogP contribution in [-0.2, 0) is 0 Å². The summed E-state index contributed by atoms with van der Waals surface area (Å²) in [4.78, 5) is 0. The van der Waals surface area contributed by atoms with Crippen molar-refractivity contribution in [3.63, 3.8) is 0 Å². The molecule has 1 N–H and O–H groups in total. The van der Waals surface area contributed by atoms with Gasteiger partial charge in [0.05, 0.1) is 5.92 Å². The van der Waals surface area contributed by atoms with E-state index in [2.05, 4.69) is 0 Å². The molecule has 0 saturated heterocycles. The van der Waals surface area contributed by atoms with Crippen LogP contribution in [0, 0.1) is 17.8 Å². The molecule has 1 nitrogen and oxygen atoms in total. The third kappa shape index (κ3) is 2.87. The van der Waals surface area contributed by atoms with Gasteiger partial charge < -0.3 is 5.11 Å². The zero-order valence-electron chi connectivity index (χ0n) is 8.35. The van der Waals surface area contributed by atoms with Crippen molar-refractivity contribution in [3.05, 3.63) is 0 Å². The molecule has 0 amide bonds. The van der Waals surface area contributed by atoms with Crippen LogP contribution in [0.25, 0.3) is 0 Å². The van der Waals surface area contributed by atoms with E-state index in [1.807, 2.05) is 6.92 Å². The molecular formula is C10H17F3O. The Balaban J connectivity index is 2.52. The standard InChI is InChI=1S/C10H17F3O/c1-7(6-14)8-3-2-4-9(5-8)10(11,12)13/h7-9,14H,2-6H2,1H3. The summed E-state index contributed by atoms with van der Waals surface area (Å²) in [6.45, 7) is 1.82. The Labute approximate surface area is 82.3 Å². The molecule has 1 saturated carbocycles. The van der Waals surface area contributed by atoms with E-state index in [-0.39, 0.29) is 31.3 Å². The summed E-state index contributed by atoms with van der Waals surface area (Å²) in [5.74, 6) is -1.10. The maximum atomic E-state index is 12.4. The van der Waals surface area contributed by atoms with Gasteiger partial charge in [-0.05, 0) is 24.7 Å². The van der Waals surface area contributed by atoms with Gasteiger partial charge in [0.2, 0.25) is 0 Å². The Bertz CT molecular complexity index is 179. The Hall–Kier alpha value is -0.250. The van der Waals surface area contributed by atoms with Crippen molar-refractivity contribution in [2.75, 3.05) is 6.61 Å². The van der Waals surface area contributed by atoms with E-state index >= 15 is 0 Å². The molecule has 0 aliphatic heterocycles. The van der Waals surface area contributed by atoms with Crippen LogP contribution in [-0.4, -0.2) is 17.9 Å². The fourth-order valence-electron chi connectivity index (χ4n) is 2.19. The second-order valence-electron chi connectivity index (χ2n) is 4.33. The van der Waals surface area contributed by atoms with Gasteiger partial charge in [0.25, 0.3) is 0 Å². The van der Waals surface area contributed by atoms with Crippen LogP contribution in [0.4, 0.5) is 13.2 Å². The largest absolute Gasteiger partial charge is 0.396 e. The molecule has 0 spiro atoms. The van der Waals surface area contributed by atoms with Crippen LogP contribution < -0.4 is 0 Å². The highest BCUT2D eigenvalue weighted by Crippen LogP contribution is 2.41. The first-order valence-corrected chi connectivity index (χ1v) is 5.12. The lowest BCUT2D eigenvalue weighted by Gasteiger charge is -2.33. The monoisotopic (exact) mass is 210 g/mol. The van der Waals surface area contributed by atoms with Crippen molar-refractivity contribution >= 4 is 0 Å². The van der Waals surface area contributed by atoms with E-state index in [9.17, 15) is 13.2 Å². The molecular weight excluding hydrogens is 193 g/mol. The third-order valence-corrected chi connectivity index (χ3v) is 3.27. The summed E-state index contributed by atoms with van der Waals surface area (Å²) in [6, 6.07) is 0. The van der Waals surface area contributed by atoms with E-state index < -0.39 is 12.1 Å². The highest BCUT2D eigenvalue weighted by molar-refractivity contribution is 4.80. The molecule has 3 unspecified atom stereocenters. The van der Waals surface area contributed by atoms with Gasteiger partial charge in [0.1, 0.15) is 0 Å². The quantitative estimate of drug-likeness (QED) is 0.742. The second kappa shape index (κ2) is 4.51. The summed E-state index contributed by atoms with van der Waals surface area (Å²) in [5.41, 5.74) is 0. The van der Waals surface area contributed by atoms with Gasteiger partial charge in [0.15, 0.2) is 0 Å². The first kappa shape index (κ1) is 11.8. The Morgan fingerprint density at radius 1 is 1.36 bits per heavy atom. The van der Waals surface area contributed by atoms with Crippen LogP contribution in [0.2, 0.25) is 0 Å². The van der Waals surface area contributed by atoms with Gasteiger partial charge in [-0.1, -0.05) is 19.8 Å². The molecule has 0 aromatic rings. The zero-order valence-corrected chi connectivity index (χ0v) is 8.35. The van der Waals surface area contributed by atoms with Crippen molar-refractivity contribution in [3.8, 4) is 0 Å². The Kier molecular flexibility index (Phi) is 3.81. The summed E-state index contributed by atoms with van der Waals surface area (Å²) in [7, 11) is 0. The maximum Gasteiger partial charge on any atom is 0.391 e. The molecule has 0 bridgehead atoms. The van der Waals surface area contributed by atoms with Gasteiger partial charge in [-0.25, -0.2) is 0 Å². The van der Waals surface area contributed by atoms with Crippen LogP contribution in [0.15, 0.2) is 0 Å². The molecule has 1 fully saturated rings. The SMILES string of the molecule is CC(CO)C1CCCC(C(F)(F)F)C1. The minimum Gasteiger partial charge on any atom is -0.396 e. The molecule has 1 rings (SSSR count). The van der Waals surface area contributed by atoms with Gasteiger partial charge in [-0.15, -0.1) is 0 Å². The number of hydrogen-bond acceptors (Lipinski definition) is 1. The molecule has 0 aromatic heterocycles. The summed E-state index contributed by atoms with van der Waals surface area (Å²) in [6.07, 6.45) is -2.12. The number of alkyl halides is 3. The molecule has 14 heavy (non-hydrogen) atoms. The van der Waals surface area contributed by atoms with Crippen LogP contribution in [0.5, 0.6) is 0 Å². The fraction of sp³-hybridized carbons (Fsp3) is 1.00. The minimum absolute atomic E-state index is 0.000139. The second-order valence-corrected chi connectivity index (χ2v) is 4.33. The van der Waals surface area contributed by atoms with Crippen molar-refractivity contribution < 1.29 is 18.3 Å². The van der Waals surface area contributed by atoms with Gasteiger partial charge in [-0.2, -0.15) is 13.2 Å². The van der Waals surface area contributed by atoms with Crippen molar-refractivity contribution in [2.24, 2.45) is 17.8 Å². The number of aliphatic hydroxyl groups excluding tert-OH is 1. The molecule has 1 aliphatic rings. The lowest BCUT2D eigenvalue weighted by atomic mass is 9.75. The molecule has 0 heterocycles. The summed E-state index contributed by atoms with van der Waals surface area (Å²) < 4.78 is 37.3. The fourth-order valence-corrected chi connectivity index (χ4v) is 2.19. The Morgan fingerprint density at radius 3 is 2.50 bits per heavy atom. The van der Waals surface area contributed by atoms with Gasteiger partial charge >= 0.3 is 6.18 Å². The first-order valence-electron chi connectivity index (χ1n) is 5.12. The van der Waals surface area contributed by atoms with Crippen LogP contribution in [0.1, 0.15) is 32.6 Å². The summed E-state index contributed by atoms with van der Waals surface area (Å²) in [5, 5.41) is 8.89. The topological polar surface area (TPSA) is 20.2 Å². The molecule has 84 valence electrons. The minimum atomic E-state index is -4.05.